The molecule has 0 aliphatic carbocycles. The van der Waals surface area contributed by atoms with Crippen LogP contribution in [-0.2, 0) is 0 Å². The van der Waals surface area contributed by atoms with Crippen LogP contribution in [0.25, 0.3) is 0 Å². The van der Waals surface area contributed by atoms with Crippen molar-refractivity contribution in [1.82, 2.24) is 10.3 Å². The number of carbonyl (C=O) groups is 1. The molecular weight excluding hydrogens is 258 g/mol. The van der Waals surface area contributed by atoms with Crippen molar-refractivity contribution in [3.05, 3.63) is 23.0 Å². The van der Waals surface area contributed by atoms with Gasteiger partial charge in [-0.1, -0.05) is 18.5 Å². The molecule has 1 aromatic rings. The van der Waals surface area contributed by atoms with Crippen molar-refractivity contribution >= 4 is 35.0 Å². The van der Waals surface area contributed by atoms with E-state index in [2.05, 4.69) is 10.3 Å². The van der Waals surface area contributed by atoms with E-state index < -0.39 is 0 Å². The molecule has 0 aliphatic heterocycles. The van der Waals surface area contributed by atoms with Gasteiger partial charge in [-0.05, 0) is 18.7 Å². The summed E-state index contributed by atoms with van der Waals surface area (Å²) < 4.78 is 0. The number of anilines is 1. The van der Waals surface area contributed by atoms with Gasteiger partial charge in [-0.2, -0.15) is 11.8 Å². The standard InChI is InChI=1S/C11H16ClN3OS/c1-3-8(6-17-2)15-11(16)9-4-7(13)5-14-10(9)12/h4-5,8H,3,6,13H2,1-2H3,(H,15,16). The number of nitrogens with zero attached hydrogens (tertiary/aromatic N) is 1. The molecule has 6 heteroatoms. The maximum Gasteiger partial charge on any atom is 0.254 e. The Bertz CT molecular complexity index is 400. The molecular formula is C11H16ClN3OS. The third kappa shape index (κ3) is 4.09. The lowest BCUT2D eigenvalue weighted by atomic mass is 10.2. The van der Waals surface area contributed by atoms with E-state index in [0.717, 1.165) is 12.2 Å². The number of nitrogens with one attached hydrogen (secondary N) is 1. The topological polar surface area (TPSA) is 68.0 Å². The first-order valence-corrected chi connectivity index (χ1v) is 7.06. The Morgan fingerprint density at radius 2 is 2.41 bits per heavy atom. The molecule has 94 valence electrons. The van der Waals surface area contributed by atoms with Gasteiger partial charge in [0.1, 0.15) is 5.15 Å². The monoisotopic (exact) mass is 273 g/mol. The normalized spacial score (nSPS) is 12.2. The number of nitrogens with two attached hydrogens (primary N) is 1. The van der Waals surface area contributed by atoms with Gasteiger partial charge in [0.2, 0.25) is 0 Å². The number of hydrogen-bond donors (Lipinski definition) is 2. The van der Waals surface area contributed by atoms with E-state index in [-0.39, 0.29) is 17.1 Å². The van der Waals surface area contributed by atoms with Gasteiger partial charge in [-0.25, -0.2) is 4.98 Å². The summed E-state index contributed by atoms with van der Waals surface area (Å²) >= 11 is 7.55. The van der Waals surface area contributed by atoms with E-state index in [0.29, 0.717) is 11.3 Å². The number of halogens is 1. The van der Waals surface area contributed by atoms with Gasteiger partial charge in [0.25, 0.3) is 5.91 Å². The minimum absolute atomic E-state index is 0.134. The molecule has 1 aromatic heterocycles. The lowest BCUT2D eigenvalue weighted by Crippen LogP contribution is -2.36. The van der Waals surface area contributed by atoms with Crippen LogP contribution in [0, 0.1) is 0 Å². The van der Waals surface area contributed by atoms with Crippen LogP contribution in [0.5, 0.6) is 0 Å². The number of pyridine rings is 1. The van der Waals surface area contributed by atoms with Gasteiger partial charge in [-0.3, -0.25) is 4.79 Å². The van der Waals surface area contributed by atoms with Gasteiger partial charge in [0.15, 0.2) is 0 Å². The number of aromatic nitrogens is 1. The molecule has 0 saturated heterocycles. The van der Waals surface area contributed by atoms with Crippen molar-refractivity contribution in [1.29, 1.82) is 0 Å². The van der Waals surface area contributed by atoms with Crippen LogP contribution in [-0.4, -0.2) is 28.9 Å². The van der Waals surface area contributed by atoms with Crippen LogP contribution >= 0.6 is 23.4 Å². The summed E-state index contributed by atoms with van der Waals surface area (Å²) in [7, 11) is 0. The summed E-state index contributed by atoms with van der Waals surface area (Å²) in [4.78, 5) is 15.8. The summed E-state index contributed by atoms with van der Waals surface area (Å²) in [6, 6.07) is 1.67. The summed E-state index contributed by atoms with van der Waals surface area (Å²) in [5.74, 6) is 0.644. The second-order valence-corrected chi connectivity index (χ2v) is 4.91. The van der Waals surface area contributed by atoms with Crippen LogP contribution in [0.15, 0.2) is 12.3 Å². The highest BCUT2D eigenvalue weighted by atomic mass is 35.5. The molecule has 1 heterocycles. The van der Waals surface area contributed by atoms with E-state index >= 15 is 0 Å². The minimum Gasteiger partial charge on any atom is -0.397 e. The Morgan fingerprint density at radius 3 is 3.00 bits per heavy atom. The number of hydrogen-bond acceptors (Lipinski definition) is 4. The molecule has 1 unspecified atom stereocenters. The SMILES string of the molecule is CCC(CSC)NC(=O)c1cc(N)cnc1Cl. The van der Waals surface area contributed by atoms with E-state index in [9.17, 15) is 4.79 Å². The van der Waals surface area contributed by atoms with E-state index in [1.54, 1.807) is 11.8 Å². The van der Waals surface area contributed by atoms with Crippen molar-refractivity contribution in [2.45, 2.75) is 19.4 Å². The Labute approximate surface area is 110 Å². The Morgan fingerprint density at radius 1 is 1.71 bits per heavy atom. The van der Waals surface area contributed by atoms with Crippen LogP contribution in [0.2, 0.25) is 5.15 Å². The largest absolute Gasteiger partial charge is 0.397 e. The fourth-order valence-electron chi connectivity index (χ4n) is 1.35. The minimum atomic E-state index is -0.226. The first-order chi connectivity index (χ1) is 8.08. The summed E-state index contributed by atoms with van der Waals surface area (Å²) in [5, 5.41) is 3.09. The third-order valence-electron chi connectivity index (χ3n) is 2.30. The molecule has 0 spiro atoms. The summed E-state index contributed by atoms with van der Waals surface area (Å²) in [6.07, 6.45) is 4.31. The molecule has 4 nitrogen and oxygen atoms in total. The van der Waals surface area contributed by atoms with Crippen LogP contribution < -0.4 is 11.1 Å². The number of amides is 1. The highest BCUT2D eigenvalue weighted by Crippen LogP contribution is 2.16. The van der Waals surface area contributed by atoms with Crippen molar-refractivity contribution in [2.75, 3.05) is 17.7 Å². The molecule has 0 radical (unpaired) electrons. The predicted octanol–water partition coefficient (Wildman–Crippen LogP) is 2.19. The van der Waals surface area contributed by atoms with Gasteiger partial charge in [-0.15, -0.1) is 0 Å². The van der Waals surface area contributed by atoms with Gasteiger partial charge in [0.05, 0.1) is 17.4 Å². The highest BCUT2D eigenvalue weighted by Gasteiger charge is 2.15. The number of nitrogen functional groups attached to an aromatic ring is 1. The Balaban J connectivity index is 2.78. The summed E-state index contributed by atoms with van der Waals surface area (Å²) in [5.41, 5.74) is 6.34. The zero-order chi connectivity index (χ0) is 12.8. The lowest BCUT2D eigenvalue weighted by Gasteiger charge is -2.16. The molecule has 3 N–H and O–H groups in total. The second-order valence-electron chi connectivity index (χ2n) is 3.64. The average molecular weight is 274 g/mol. The van der Waals surface area contributed by atoms with E-state index in [4.69, 9.17) is 17.3 Å². The molecule has 0 saturated carbocycles. The Kier molecular flexibility index (Phi) is 5.58. The fraction of sp³-hybridized carbons (Fsp3) is 0.455. The number of carbonyl (C=O) groups excluding carboxylic acids is 1. The van der Waals surface area contributed by atoms with Crippen molar-refractivity contribution in [3.63, 3.8) is 0 Å². The van der Waals surface area contributed by atoms with Crippen LogP contribution in [0.1, 0.15) is 23.7 Å². The number of thioether (sulfide) groups is 1. The van der Waals surface area contributed by atoms with Gasteiger partial charge >= 0.3 is 0 Å². The van der Waals surface area contributed by atoms with Gasteiger partial charge < -0.3 is 11.1 Å². The third-order valence-corrected chi connectivity index (χ3v) is 3.34. The fourth-order valence-corrected chi connectivity index (χ4v) is 2.26. The summed E-state index contributed by atoms with van der Waals surface area (Å²) in [6.45, 7) is 2.03. The average Bonchev–Trinajstić information content (AvgIpc) is 2.31. The molecule has 0 aliphatic rings. The van der Waals surface area contributed by atoms with Crippen molar-refractivity contribution < 1.29 is 4.79 Å². The quantitative estimate of drug-likeness (QED) is 0.807. The van der Waals surface area contributed by atoms with Crippen LogP contribution in [0.3, 0.4) is 0 Å². The maximum absolute atomic E-state index is 12.0. The van der Waals surface area contributed by atoms with E-state index in [1.807, 2.05) is 13.2 Å². The molecule has 1 amide bonds. The van der Waals surface area contributed by atoms with Crippen LogP contribution in [0.4, 0.5) is 5.69 Å². The molecule has 1 rings (SSSR count). The predicted molar refractivity (Wildman–Crippen MR) is 73.6 cm³/mol. The smallest absolute Gasteiger partial charge is 0.254 e. The second kappa shape index (κ2) is 6.71. The zero-order valence-electron chi connectivity index (χ0n) is 9.87. The van der Waals surface area contributed by atoms with E-state index in [1.165, 1.54) is 12.3 Å². The molecule has 1 atom stereocenters. The first kappa shape index (κ1) is 14.1. The van der Waals surface area contributed by atoms with Crippen molar-refractivity contribution in [3.8, 4) is 0 Å². The van der Waals surface area contributed by atoms with Crippen molar-refractivity contribution in [2.24, 2.45) is 0 Å². The molecule has 0 aromatic carbocycles. The number of rotatable bonds is 5. The lowest BCUT2D eigenvalue weighted by molar-refractivity contribution is 0.0940. The Hall–Kier alpha value is -0.940. The first-order valence-electron chi connectivity index (χ1n) is 5.29. The highest BCUT2D eigenvalue weighted by molar-refractivity contribution is 7.98. The maximum atomic E-state index is 12.0. The molecule has 0 fully saturated rings. The van der Waals surface area contributed by atoms with Gasteiger partial charge in [0, 0.05) is 11.8 Å². The zero-order valence-corrected chi connectivity index (χ0v) is 11.4. The molecule has 17 heavy (non-hydrogen) atoms. The molecule has 0 bridgehead atoms.